The first-order valence-electron chi connectivity index (χ1n) is 9.08. The lowest BCUT2D eigenvalue weighted by molar-refractivity contribution is 0.0394. The molecule has 4 rings (SSSR count). The molecular formula is C20H24N2OS. The Morgan fingerprint density at radius 1 is 1.12 bits per heavy atom. The normalized spacial score (nSPS) is 23.8. The number of carbonyl (C=O) groups excluding carboxylic acids is 1. The van der Waals surface area contributed by atoms with Crippen LogP contribution in [0.15, 0.2) is 30.3 Å². The van der Waals surface area contributed by atoms with Gasteiger partial charge in [-0.1, -0.05) is 43.2 Å². The van der Waals surface area contributed by atoms with E-state index in [9.17, 15) is 4.79 Å². The van der Waals surface area contributed by atoms with Crippen LogP contribution in [0, 0.1) is 12.8 Å². The molecule has 0 radical (unpaired) electrons. The third-order valence-electron chi connectivity index (χ3n) is 5.52. The van der Waals surface area contributed by atoms with Crippen molar-refractivity contribution in [2.45, 2.75) is 51.5 Å². The number of aryl methyl sites for hydroxylation is 1. The van der Waals surface area contributed by atoms with Crippen LogP contribution in [-0.4, -0.2) is 28.4 Å². The number of piperidine rings is 1. The molecule has 1 aromatic carbocycles. The van der Waals surface area contributed by atoms with Crippen LogP contribution < -0.4 is 0 Å². The molecule has 2 heterocycles. The maximum atomic E-state index is 13.2. The van der Waals surface area contributed by atoms with E-state index in [1.165, 1.54) is 32.1 Å². The van der Waals surface area contributed by atoms with Crippen molar-refractivity contribution in [1.29, 1.82) is 0 Å². The molecule has 3 nitrogen and oxygen atoms in total. The fourth-order valence-corrected chi connectivity index (χ4v) is 5.33. The van der Waals surface area contributed by atoms with Crippen LogP contribution in [0.1, 0.15) is 53.9 Å². The molecule has 1 aliphatic heterocycles. The number of hydrogen-bond acceptors (Lipinski definition) is 3. The van der Waals surface area contributed by atoms with Gasteiger partial charge in [-0.25, -0.2) is 4.98 Å². The van der Waals surface area contributed by atoms with Gasteiger partial charge in [-0.3, -0.25) is 4.79 Å². The zero-order valence-corrected chi connectivity index (χ0v) is 15.0. The Hall–Kier alpha value is -1.68. The van der Waals surface area contributed by atoms with E-state index in [-0.39, 0.29) is 5.91 Å². The van der Waals surface area contributed by atoms with Gasteiger partial charge in [0.05, 0.1) is 5.69 Å². The highest BCUT2D eigenvalue weighted by Crippen LogP contribution is 2.37. The average molecular weight is 340 g/mol. The number of carbonyl (C=O) groups is 1. The summed E-state index contributed by atoms with van der Waals surface area (Å²) in [4.78, 5) is 20.9. The maximum Gasteiger partial charge on any atom is 0.266 e. The quantitative estimate of drug-likeness (QED) is 0.778. The second kappa shape index (κ2) is 6.67. The second-order valence-corrected chi connectivity index (χ2v) is 8.05. The molecule has 0 spiro atoms. The smallest absolute Gasteiger partial charge is 0.266 e. The molecule has 1 aromatic heterocycles. The van der Waals surface area contributed by atoms with Gasteiger partial charge in [-0.15, -0.1) is 11.3 Å². The summed E-state index contributed by atoms with van der Waals surface area (Å²) >= 11 is 1.55. The lowest BCUT2D eigenvalue weighted by Crippen LogP contribution is -2.49. The number of thiazole rings is 1. The van der Waals surface area contributed by atoms with Gasteiger partial charge in [0.15, 0.2) is 0 Å². The zero-order chi connectivity index (χ0) is 16.5. The van der Waals surface area contributed by atoms with Gasteiger partial charge in [0.2, 0.25) is 0 Å². The standard InChI is InChI=1S/C20H24N2OS/c1-14-18(24-19(21-14)16-9-3-2-4-10-16)20(23)22-13-7-11-15-8-5-6-12-17(15)22/h2-4,9-10,15,17H,5-8,11-13H2,1H3. The molecule has 1 saturated carbocycles. The predicted octanol–water partition coefficient (Wildman–Crippen LogP) is 4.91. The van der Waals surface area contributed by atoms with Crippen LogP contribution in [0.5, 0.6) is 0 Å². The number of benzene rings is 1. The van der Waals surface area contributed by atoms with E-state index in [4.69, 9.17) is 0 Å². The summed E-state index contributed by atoms with van der Waals surface area (Å²) in [6.45, 7) is 2.89. The van der Waals surface area contributed by atoms with Crippen molar-refractivity contribution in [2.24, 2.45) is 5.92 Å². The van der Waals surface area contributed by atoms with Gasteiger partial charge in [0, 0.05) is 18.2 Å². The lowest BCUT2D eigenvalue weighted by Gasteiger charge is -2.44. The molecule has 0 bridgehead atoms. The predicted molar refractivity (Wildman–Crippen MR) is 98.3 cm³/mol. The first-order valence-corrected chi connectivity index (χ1v) is 9.89. The summed E-state index contributed by atoms with van der Waals surface area (Å²) in [5, 5.41) is 0.952. The first kappa shape index (κ1) is 15.8. The van der Waals surface area contributed by atoms with Gasteiger partial charge >= 0.3 is 0 Å². The maximum absolute atomic E-state index is 13.2. The lowest BCUT2D eigenvalue weighted by atomic mass is 9.78. The Morgan fingerprint density at radius 3 is 2.71 bits per heavy atom. The summed E-state index contributed by atoms with van der Waals surface area (Å²) in [6.07, 6.45) is 7.52. The van der Waals surface area contributed by atoms with E-state index in [0.29, 0.717) is 6.04 Å². The van der Waals surface area contributed by atoms with Crippen LogP contribution in [-0.2, 0) is 0 Å². The molecule has 2 unspecified atom stereocenters. The Morgan fingerprint density at radius 2 is 1.88 bits per heavy atom. The number of nitrogens with zero attached hydrogens (tertiary/aromatic N) is 2. The van der Waals surface area contributed by atoms with Gasteiger partial charge in [-0.2, -0.15) is 0 Å². The second-order valence-electron chi connectivity index (χ2n) is 7.05. The number of hydrogen-bond donors (Lipinski definition) is 0. The van der Waals surface area contributed by atoms with E-state index >= 15 is 0 Å². The topological polar surface area (TPSA) is 33.2 Å². The van der Waals surface area contributed by atoms with Crippen molar-refractivity contribution in [2.75, 3.05) is 6.54 Å². The fourth-order valence-electron chi connectivity index (χ4n) is 4.31. The third kappa shape index (κ3) is 2.88. The summed E-state index contributed by atoms with van der Waals surface area (Å²) in [5.41, 5.74) is 1.97. The SMILES string of the molecule is Cc1nc(-c2ccccc2)sc1C(=O)N1CCCC2CCCCC21. The molecule has 2 fully saturated rings. The van der Waals surface area contributed by atoms with E-state index in [2.05, 4.69) is 22.0 Å². The highest BCUT2D eigenvalue weighted by atomic mass is 32.1. The monoisotopic (exact) mass is 340 g/mol. The summed E-state index contributed by atoms with van der Waals surface area (Å²) in [5.74, 6) is 0.932. The van der Waals surface area contributed by atoms with Gasteiger partial charge < -0.3 is 4.90 Å². The molecule has 126 valence electrons. The van der Waals surface area contributed by atoms with Gasteiger partial charge in [0.25, 0.3) is 5.91 Å². The van der Waals surface area contributed by atoms with E-state index in [0.717, 1.165) is 40.0 Å². The Labute approximate surface area is 147 Å². The molecular weight excluding hydrogens is 316 g/mol. The van der Waals surface area contributed by atoms with Crippen molar-refractivity contribution < 1.29 is 4.79 Å². The van der Waals surface area contributed by atoms with Crippen molar-refractivity contribution in [1.82, 2.24) is 9.88 Å². The number of amides is 1. The highest BCUT2D eigenvalue weighted by Gasteiger charge is 2.37. The first-order chi connectivity index (χ1) is 11.7. The molecule has 2 aliphatic rings. The number of aromatic nitrogens is 1. The minimum absolute atomic E-state index is 0.212. The van der Waals surface area contributed by atoms with Crippen molar-refractivity contribution in [3.8, 4) is 10.6 Å². The van der Waals surface area contributed by atoms with Crippen LogP contribution in [0.4, 0.5) is 0 Å². The number of rotatable bonds is 2. The Bertz CT molecular complexity index is 722. The fraction of sp³-hybridized carbons (Fsp3) is 0.500. The van der Waals surface area contributed by atoms with E-state index in [1.54, 1.807) is 11.3 Å². The Kier molecular flexibility index (Phi) is 4.40. The zero-order valence-electron chi connectivity index (χ0n) is 14.2. The van der Waals surface area contributed by atoms with Crippen molar-refractivity contribution in [3.05, 3.63) is 40.9 Å². The van der Waals surface area contributed by atoms with Gasteiger partial charge in [0.1, 0.15) is 9.88 Å². The van der Waals surface area contributed by atoms with Crippen LogP contribution >= 0.6 is 11.3 Å². The van der Waals surface area contributed by atoms with Crippen LogP contribution in [0.2, 0.25) is 0 Å². The molecule has 1 saturated heterocycles. The molecule has 1 aliphatic carbocycles. The van der Waals surface area contributed by atoms with Gasteiger partial charge in [-0.05, 0) is 38.5 Å². The van der Waals surface area contributed by atoms with Crippen molar-refractivity contribution >= 4 is 17.2 Å². The van der Waals surface area contributed by atoms with E-state index < -0.39 is 0 Å². The molecule has 4 heteroatoms. The highest BCUT2D eigenvalue weighted by molar-refractivity contribution is 7.17. The molecule has 2 aromatic rings. The largest absolute Gasteiger partial charge is 0.335 e. The minimum atomic E-state index is 0.212. The van der Waals surface area contributed by atoms with Crippen molar-refractivity contribution in [3.63, 3.8) is 0 Å². The average Bonchev–Trinajstić information content (AvgIpc) is 3.03. The minimum Gasteiger partial charge on any atom is -0.335 e. The molecule has 0 N–H and O–H groups in total. The van der Waals surface area contributed by atoms with Crippen LogP contribution in [0.25, 0.3) is 10.6 Å². The molecule has 2 atom stereocenters. The number of likely N-dealkylation sites (tertiary alicyclic amines) is 1. The Balaban J connectivity index is 1.61. The summed E-state index contributed by atoms with van der Waals surface area (Å²) in [6, 6.07) is 10.6. The summed E-state index contributed by atoms with van der Waals surface area (Å²) in [7, 11) is 0. The number of fused-ring (bicyclic) bond motifs is 1. The van der Waals surface area contributed by atoms with E-state index in [1.807, 2.05) is 25.1 Å². The summed E-state index contributed by atoms with van der Waals surface area (Å²) < 4.78 is 0. The van der Waals surface area contributed by atoms with Crippen LogP contribution in [0.3, 0.4) is 0 Å². The molecule has 24 heavy (non-hydrogen) atoms. The third-order valence-corrected chi connectivity index (χ3v) is 6.71. The molecule has 1 amide bonds.